The minimum absolute atomic E-state index is 0.0688. The minimum Gasteiger partial charge on any atom is -0.490 e. The zero-order chi connectivity index (χ0) is 12.0. The number of rotatable bonds is 5. The largest absolute Gasteiger partial charge is 0.490 e. The van der Waals surface area contributed by atoms with Crippen LogP contribution in [0.2, 0.25) is 0 Å². The summed E-state index contributed by atoms with van der Waals surface area (Å²) in [4.78, 5) is 0. The van der Waals surface area contributed by atoms with Gasteiger partial charge in [-0.25, -0.2) is 0 Å². The number of benzene rings is 1. The number of amidine groups is 1. The molecule has 0 aromatic heterocycles. The van der Waals surface area contributed by atoms with Gasteiger partial charge in [0.1, 0.15) is 5.75 Å². The highest BCUT2D eigenvalue weighted by Gasteiger charge is 2.10. The van der Waals surface area contributed by atoms with Crippen molar-refractivity contribution >= 4 is 5.84 Å². The Kier molecular flexibility index (Phi) is 4.64. The summed E-state index contributed by atoms with van der Waals surface area (Å²) in [6, 6.07) is 7.27. The van der Waals surface area contributed by atoms with Crippen molar-refractivity contribution in [3.63, 3.8) is 0 Å². The Bertz CT molecular complexity index is 364. The fraction of sp³-hybridized carbons (Fsp3) is 0.417. The van der Waals surface area contributed by atoms with Crippen LogP contribution in [0.4, 0.5) is 0 Å². The molecular weight excluding hydrogens is 204 g/mol. The van der Waals surface area contributed by atoms with Crippen LogP contribution in [0.3, 0.4) is 0 Å². The van der Waals surface area contributed by atoms with Crippen LogP contribution in [-0.2, 0) is 0 Å². The Morgan fingerprint density at radius 2 is 2.19 bits per heavy atom. The van der Waals surface area contributed by atoms with E-state index >= 15 is 0 Å². The standard InChI is InChI=1S/C12H18N2O2/c1-3-6-9(2)16-11-8-5-4-7-10(11)12(13)14-15/h4-5,7-9,15H,3,6H2,1-2H3,(H2,13,14). The molecule has 0 spiro atoms. The lowest BCUT2D eigenvalue weighted by atomic mass is 10.1. The summed E-state index contributed by atoms with van der Waals surface area (Å²) in [6.45, 7) is 4.11. The third-order valence-electron chi connectivity index (χ3n) is 2.29. The molecule has 0 bridgehead atoms. The zero-order valence-corrected chi connectivity index (χ0v) is 9.68. The molecule has 0 aliphatic heterocycles. The third-order valence-corrected chi connectivity index (χ3v) is 2.29. The van der Waals surface area contributed by atoms with Gasteiger partial charge in [-0.05, 0) is 25.5 Å². The van der Waals surface area contributed by atoms with Gasteiger partial charge in [-0.3, -0.25) is 0 Å². The summed E-state index contributed by atoms with van der Waals surface area (Å²) < 4.78 is 5.74. The van der Waals surface area contributed by atoms with Gasteiger partial charge < -0.3 is 15.7 Å². The summed E-state index contributed by atoms with van der Waals surface area (Å²) in [5.74, 6) is 0.720. The molecule has 0 heterocycles. The number of hydrogen-bond donors (Lipinski definition) is 2. The van der Waals surface area contributed by atoms with Crippen LogP contribution >= 0.6 is 0 Å². The van der Waals surface area contributed by atoms with E-state index < -0.39 is 0 Å². The van der Waals surface area contributed by atoms with E-state index in [1.165, 1.54) is 0 Å². The van der Waals surface area contributed by atoms with Crippen LogP contribution in [-0.4, -0.2) is 17.1 Å². The van der Waals surface area contributed by atoms with Crippen molar-refractivity contribution in [1.82, 2.24) is 0 Å². The maximum Gasteiger partial charge on any atom is 0.173 e. The maximum absolute atomic E-state index is 8.66. The van der Waals surface area contributed by atoms with Crippen LogP contribution in [0.5, 0.6) is 5.75 Å². The number of para-hydroxylation sites is 1. The van der Waals surface area contributed by atoms with Crippen molar-refractivity contribution in [1.29, 1.82) is 0 Å². The topological polar surface area (TPSA) is 67.8 Å². The first-order valence-electron chi connectivity index (χ1n) is 5.42. The lowest BCUT2D eigenvalue weighted by Crippen LogP contribution is -2.18. The average Bonchev–Trinajstić information content (AvgIpc) is 2.29. The highest BCUT2D eigenvalue weighted by molar-refractivity contribution is 5.99. The summed E-state index contributed by atoms with van der Waals surface area (Å²) in [7, 11) is 0. The van der Waals surface area contributed by atoms with Crippen LogP contribution < -0.4 is 10.5 Å². The molecule has 0 aliphatic carbocycles. The van der Waals surface area contributed by atoms with Crippen molar-refractivity contribution in [2.24, 2.45) is 10.9 Å². The van der Waals surface area contributed by atoms with Crippen molar-refractivity contribution < 1.29 is 9.94 Å². The van der Waals surface area contributed by atoms with Crippen LogP contribution in [0.15, 0.2) is 29.4 Å². The molecule has 1 aromatic carbocycles. The quantitative estimate of drug-likeness (QED) is 0.348. The lowest BCUT2D eigenvalue weighted by molar-refractivity contribution is 0.209. The van der Waals surface area contributed by atoms with Gasteiger partial charge >= 0.3 is 0 Å². The second-order valence-corrected chi connectivity index (χ2v) is 3.70. The first-order chi connectivity index (χ1) is 7.69. The van der Waals surface area contributed by atoms with Crippen molar-refractivity contribution in [3.05, 3.63) is 29.8 Å². The molecule has 1 atom stereocenters. The van der Waals surface area contributed by atoms with Crippen LogP contribution in [0, 0.1) is 0 Å². The Morgan fingerprint density at radius 1 is 1.50 bits per heavy atom. The van der Waals surface area contributed by atoms with E-state index in [2.05, 4.69) is 12.1 Å². The molecule has 4 heteroatoms. The molecule has 0 fully saturated rings. The predicted octanol–water partition coefficient (Wildman–Crippen LogP) is 2.35. The molecule has 0 saturated carbocycles. The fourth-order valence-electron chi connectivity index (χ4n) is 1.52. The number of nitrogens with zero attached hydrogens (tertiary/aromatic N) is 1. The number of ether oxygens (including phenoxy) is 1. The van der Waals surface area contributed by atoms with Gasteiger partial charge in [-0.1, -0.05) is 30.6 Å². The molecule has 0 aliphatic rings. The second-order valence-electron chi connectivity index (χ2n) is 3.70. The molecule has 1 unspecified atom stereocenters. The first kappa shape index (κ1) is 12.4. The zero-order valence-electron chi connectivity index (χ0n) is 9.68. The summed E-state index contributed by atoms with van der Waals surface area (Å²) in [6.07, 6.45) is 2.16. The average molecular weight is 222 g/mol. The molecule has 1 aromatic rings. The summed E-state index contributed by atoms with van der Waals surface area (Å²) in [5, 5.41) is 11.6. The molecular formula is C12H18N2O2. The van der Waals surface area contributed by atoms with E-state index in [0.717, 1.165) is 12.8 Å². The van der Waals surface area contributed by atoms with E-state index in [4.69, 9.17) is 15.7 Å². The Balaban J connectivity index is 2.87. The highest BCUT2D eigenvalue weighted by Crippen LogP contribution is 2.20. The van der Waals surface area contributed by atoms with Gasteiger partial charge in [0.25, 0.3) is 0 Å². The third kappa shape index (κ3) is 3.15. The fourth-order valence-corrected chi connectivity index (χ4v) is 1.52. The van der Waals surface area contributed by atoms with Crippen LogP contribution in [0.1, 0.15) is 32.3 Å². The van der Waals surface area contributed by atoms with E-state index in [1.54, 1.807) is 6.07 Å². The van der Waals surface area contributed by atoms with Gasteiger partial charge in [-0.2, -0.15) is 0 Å². The van der Waals surface area contributed by atoms with Crippen molar-refractivity contribution in [2.45, 2.75) is 32.8 Å². The van der Waals surface area contributed by atoms with Gasteiger partial charge in [0.05, 0.1) is 11.7 Å². The van der Waals surface area contributed by atoms with Gasteiger partial charge in [0.2, 0.25) is 0 Å². The molecule has 0 saturated heterocycles. The normalized spacial score (nSPS) is 13.5. The Hall–Kier alpha value is -1.71. The number of nitrogens with two attached hydrogens (primary N) is 1. The van der Waals surface area contributed by atoms with Crippen molar-refractivity contribution in [3.8, 4) is 5.75 Å². The second kappa shape index (κ2) is 6.00. The minimum atomic E-state index is 0.0688. The molecule has 16 heavy (non-hydrogen) atoms. The number of hydrogen-bond acceptors (Lipinski definition) is 3. The highest BCUT2D eigenvalue weighted by atomic mass is 16.5. The molecule has 3 N–H and O–H groups in total. The van der Waals surface area contributed by atoms with Gasteiger partial charge in [0.15, 0.2) is 5.84 Å². The maximum atomic E-state index is 8.66. The predicted molar refractivity (Wildman–Crippen MR) is 64.0 cm³/mol. The summed E-state index contributed by atoms with van der Waals surface area (Å²) in [5.41, 5.74) is 6.18. The van der Waals surface area contributed by atoms with E-state index in [9.17, 15) is 0 Å². The van der Waals surface area contributed by atoms with E-state index in [1.807, 2.05) is 25.1 Å². The van der Waals surface area contributed by atoms with Crippen molar-refractivity contribution in [2.75, 3.05) is 0 Å². The SMILES string of the molecule is CCCC(C)Oc1ccccc1/C(N)=N/O. The molecule has 4 nitrogen and oxygen atoms in total. The monoisotopic (exact) mass is 222 g/mol. The Labute approximate surface area is 95.7 Å². The van der Waals surface area contributed by atoms with Gasteiger partial charge in [-0.15, -0.1) is 0 Å². The first-order valence-corrected chi connectivity index (χ1v) is 5.42. The molecule has 1 rings (SSSR count). The smallest absolute Gasteiger partial charge is 0.173 e. The van der Waals surface area contributed by atoms with E-state index in [0.29, 0.717) is 11.3 Å². The molecule has 0 radical (unpaired) electrons. The summed E-state index contributed by atoms with van der Waals surface area (Å²) >= 11 is 0. The van der Waals surface area contributed by atoms with Gasteiger partial charge in [0, 0.05) is 0 Å². The lowest BCUT2D eigenvalue weighted by Gasteiger charge is -2.16. The molecule has 88 valence electrons. The Morgan fingerprint density at radius 3 is 2.81 bits per heavy atom. The van der Waals surface area contributed by atoms with Crippen LogP contribution in [0.25, 0.3) is 0 Å². The van der Waals surface area contributed by atoms with E-state index in [-0.39, 0.29) is 11.9 Å². The number of oxime groups is 1. The molecule has 0 amide bonds.